The molecule has 4 rings (SSSR count). The van der Waals surface area contributed by atoms with Gasteiger partial charge < -0.3 is 4.90 Å². The van der Waals surface area contributed by atoms with Gasteiger partial charge >= 0.3 is 0 Å². The lowest BCUT2D eigenvalue weighted by molar-refractivity contribution is 0.627. The number of nitrogens with zero attached hydrogens (tertiary/aromatic N) is 2. The normalized spacial score (nSPS) is 13.0. The maximum absolute atomic E-state index is 13.8. The highest BCUT2D eigenvalue weighted by Gasteiger charge is 2.15. The lowest BCUT2D eigenvalue weighted by Crippen LogP contribution is -2.20. The molecule has 31 heavy (non-hydrogen) atoms. The molecular weight excluding hydrogens is 450 g/mol. The molecule has 0 saturated carbocycles. The van der Waals surface area contributed by atoms with Crippen LogP contribution in [0.1, 0.15) is 16.7 Å². The number of anilines is 1. The fourth-order valence-electron chi connectivity index (χ4n) is 3.36. The van der Waals surface area contributed by atoms with E-state index >= 15 is 0 Å². The van der Waals surface area contributed by atoms with E-state index in [0.717, 1.165) is 34.8 Å². The number of fused-ring (bicyclic) bond motifs is 1. The predicted octanol–water partition coefficient (Wildman–Crippen LogP) is 6.91. The zero-order chi connectivity index (χ0) is 20.1. The first-order chi connectivity index (χ1) is 14.2. The fourth-order valence-corrected chi connectivity index (χ4v) is 4.35. The summed E-state index contributed by atoms with van der Waals surface area (Å²) in [5.41, 5.74) is 5.22. The summed E-state index contributed by atoms with van der Waals surface area (Å²) in [6, 6.07) is 23.8. The second kappa shape index (κ2) is 11.9. The highest BCUT2D eigenvalue weighted by atomic mass is 35.5. The molecule has 162 valence electrons. The second-order valence-corrected chi connectivity index (χ2v) is 8.01. The van der Waals surface area contributed by atoms with Crippen LogP contribution in [0.25, 0.3) is 6.08 Å². The molecule has 0 spiro atoms. The molecule has 0 amide bonds. The Morgan fingerprint density at radius 3 is 2.52 bits per heavy atom. The van der Waals surface area contributed by atoms with Crippen molar-refractivity contribution in [2.75, 3.05) is 25.0 Å². The lowest BCUT2D eigenvalue weighted by atomic mass is 10.1. The number of benzene rings is 3. The maximum atomic E-state index is 13.8. The van der Waals surface area contributed by atoms with E-state index in [9.17, 15) is 4.39 Å². The molecule has 0 fully saturated rings. The van der Waals surface area contributed by atoms with E-state index in [1.165, 1.54) is 16.5 Å². The van der Waals surface area contributed by atoms with Gasteiger partial charge in [0, 0.05) is 35.5 Å². The fraction of sp³-hybridized carbons (Fsp3) is 0.160. The van der Waals surface area contributed by atoms with Crippen molar-refractivity contribution in [1.82, 2.24) is 0 Å². The van der Waals surface area contributed by atoms with Crippen LogP contribution < -0.4 is 4.90 Å². The molecule has 1 heterocycles. The highest BCUT2D eigenvalue weighted by molar-refractivity contribution is 7.98. The molecule has 1 aliphatic heterocycles. The van der Waals surface area contributed by atoms with Gasteiger partial charge in [0.2, 0.25) is 0 Å². The largest absolute Gasteiger partial charge is 0.372 e. The third-order valence-electron chi connectivity index (χ3n) is 4.94. The predicted molar refractivity (Wildman–Crippen MR) is 137 cm³/mol. The average molecular weight is 475 g/mol. The zero-order valence-corrected chi connectivity index (χ0v) is 19.7. The van der Waals surface area contributed by atoms with Crippen molar-refractivity contribution >= 4 is 54.1 Å². The van der Waals surface area contributed by atoms with E-state index in [-0.39, 0.29) is 30.6 Å². The van der Waals surface area contributed by atoms with Crippen molar-refractivity contribution in [1.29, 1.82) is 0 Å². The van der Waals surface area contributed by atoms with Crippen LogP contribution in [0.3, 0.4) is 0 Å². The first-order valence-electron chi connectivity index (χ1n) is 9.70. The number of halogens is 3. The Balaban J connectivity index is 0.00000171. The highest BCUT2D eigenvalue weighted by Crippen LogP contribution is 2.28. The monoisotopic (exact) mass is 474 g/mol. The summed E-state index contributed by atoms with van der Waals surface area (Å²) in [6.45, 7) is 1.47. The minimum atomic E-state index is -0.219. The number of hydrogen-bond acceptors (Lipinski definition) is 3. The number of likely N-dealkylation sites (N-methyl/N-ethyl adjacent to an activating group) is 1. The van der Waals surface area contributed by atoms with Crippen molar-refractivity contribution in [3.63, 3.8) is 0 Å². The van der Waals surface area contributed by atoms with E-state index in [2.05, 4.69) is 65.6 Å². The molecule has 0 atom stereocenters. The van der Waals surface area contributed by atoms with E-state index in [1.807, 2.05) is 30.9 Å². The molecule has 0 unspecified atom stereocenters. The summed E-state index contributed by atoms with van der Waals surface area (Å²) < 4.78 is 13.8. The van der Waals surface area contributed by atoms with Crippen molar-refractivity contribution in [3.05, 3.63) is 101 Å². The van der Waals surface area contributed by atoms with Crippen LogP contribution in [-0.2, 0) is 5.75 Å². The van der Waals surface area contributed by atoms with Gasteiger partial charge in [-0.3, -0.25) is 4.99 Å². The van der Waals surface area contributed by atoms with Crippen molar-refractivity contribution in [2.24, 2.45) is 4.99 Å². The van der Waals surface area contributed by atoms with Crippen LogP contribution in [-0.4, -0.2) is 25.8 Å². The van der Waals surface area contributed by atoms with Crippen molar-refractivity contribution in [3.8, 4) is 0 Å². The number of hydrogen-bond donors (Lipinski definition) is 0. The maximum Gasteiger partial charge on any atom is 0.125 e. The molecule has 2 nitrogen and oxygen atoms in total. The van der Waals surface area contributed by atoms with E-state index in [4.69, 9.17) is 4.99 Å². The number of benzodiazepines with no additional fused rings is 1. The third-order valence-corrected chi connectivity index (χ3v) is 6.10. The Labute approximate surface area is 200 Å². The molecular formula is C25H25Cl2FN2S. The molecule has 3 aromatic rings. The third kappa shape index (κ3) is 6.36. The lowest BCUT2D eigenvalue weighted by Gasteiger charge is -2.18. The molecule has 1 aliphatic rings. The van der Waals surface area contributed by atoms with Gasteiger partial charge in [0.1, 0.15) is 5.82 Å². The molecule has 3 aromatic carbocycles. The van der Waals surface area contributed by atoms with Gasteiger partial charge in [0.05, 0.1) is 12.3 Å². The molecule has 0 radical (unpaired) electrons. The van der Waals surface area contributed by atoms with Crippen LogP contribution in [0.4, 0.5) is 10.1 Å². The summed E-state index contributed by atoms with van der Waals surface area (Å²) >= 11 is 1.83. The number of thioether (sulfide) groups is 1. The molecule has 0 bridgehead atoms. The van der Waals surface area contributed by atoms with Gasteiger partial charge in [-0.25, -0.2) is 4.39 Å². The summed E-state index contributed by atoms with van der Waals surface area (Å²) in [6.07, 6.45) is 4.17. The van der Waals surface area contributed by atoms with Crippen molar-refractivity contribution in [2.45, 2.75) is 10.6 Å². The minimum Gasteiger partial charge on any atom is -0.372 e. The Morgan fingerprint density at radius 1 is 0.968 bits per heavy atom. The van der Waals surface area contributed by atoms with Crippen molar-refractivity contribution < 1.29 is 4.39 Å². The smallest absolute Gasteiger partial charge is 0.125 e. The van der Waals surface area contributed by atoms with E-state index < -0.39 is 0 Å². The molecule has 0 aromatic heterocycles. The molecule has 0 aliphatic carbocycles. The van der Waals surface area contributed by atoms with Gasteiger partial charge in [-0.2, -0.15) is 0 Å². The van der Waals surface area contributed by atoms with Crippen LogP contribution in [0, 0.1) is 5.82 Å². The summed E-state index contributed by atoms with van der Waals surface area (Å²) in [7, 11) is 1.98. The first kappa shape index (κ1) is 25.0. The van der Waals surface area contributed by atoms with Crippen LogP contribution >= 0.6 is 36.6 Å². The Hall–Kier alpha value is -2.27. The Bertz CT molecular complexity index is 1050. The van der Waals surface area contributed by atoms with Gasteiger partial charge in [-0.05, 0) is 41.5 Å². The van der Waals surface area contributed by atoms with Crippen LogP contribution in [0.15, 0.2) is 88.8 Å². The number of rotatable bonds is 5. The van der Waals surface area contributed by atoms with Crippen LogP contribution in [0.2, 0.25) is 0 Å². The Kier molecular flexibility index (Phi) is 9.63. The first-order valence-corrected chi connectivity index (χ1v) is 10.7. The van der Waals surface area contributed by atoms with Crippen LogP contribution in [0.5, 0.6) is 0 Å². The topological polar surface area (TPSA) is 15.6 Å². The number of allylic oxidation sites excluding steroid dienone is 1. The molecule has 0 N–H and O–H groups in total. The summed E-state index contributed by atoms with van der Waals surface area (Å²) in [5.74, 6) is 0.711. The molecule has 0 saturated heterocycles. The Morgan fingerprint density at radius 2 is 1.71 bits per heavy atom. The quantitative estimate of drug-likeness (QED) is 0.373. The second-order valence-electron chi connectivity index (χ2n) is 7.00. The standard InChI is InChI=1S/C25H23FN2S.2ClH/c1-28-16-15-27-23(22-13-12-21(26)17-24(22)28)14-11-20-9-5-6-10-25(20)29-18-19-7-3-2-4-8-19;;/h2-14,17H,15-16,18H2,1H3;2*1H/b14-11+;;. The van der Waals surface area contributed by atoms with Gasteiger partial charge in [-0.1, -0.05) is 54.6 Å². The van der Waals surface area contributed by atoms with Gasteiger partial charge in [0.15, 0.2) is 0 Å². The van der Waals surface area contributed by atoms with Gasteiger partial charge in [0.25, 0.3) is 0 Å². The summed E-state index contributed by atoms with van der Waals surface area (Å²) in [5, 5.41) is 0. The average Bonchev–Trinajstić information content (AvgIpc) is 2.90. The van der Waals surface area contributed by atoms with E-state index in [1.54, 1.807) is 6.07 Å². The van der Waals surface area contributed by atoms with Gasteiger partial charge in [-0.15, -0.1) is 36.6 Å². The number of aliphatic imine (C=N–C) groups is 1. The summed E-state index contributed by atoms with van der Waals surface area (Å²) in [4.78, 5) is 8.04. The minimum absolute atomic E-state index is 0. The molecule has 6 heteroatoms. The SMILES string of the molecule is CN1CCN=C(/C=C/c2ccccc2SCc2ccccc2)c2ccc(F)cc21.Cl.Cl. The van der Waals surface area contributed by atoms with E-state index in [0.29, 0.717) is 6.54 Å². The zero-order valence-electron chi connectivity index (χ0n) is 17.2.